The first-order valence-corrected chi connectivity index (χ1v) is 10.7. The number of hydrogen-bond acceptors (Lipinski definition) is 3. The Hall–Kier alpha value is -1.56. The van der Waals surface area contributed by atoms with Crippen LogP contribution in [0.2, 0.25) is 0 Å². The van der Waals surface area contributed by atoms with E-state index >= 15 is 0 Å². The Morgan fingerprint density at radius 1 is 0.906 bits per heavy atom. The van der Waals surface area contributed by atoms with E-state index < -0.39 is 0 Å². The van der Waals surface area contributed by atoms with E-state index in [0.717, 1.165) is 31.6 Å². The van der Waals surface area contributed by atoms with Crippen LogP contribution in [0.5, 0.6) is 0 Å². The van der Waals surface area contributed by atoms with E-state index in [1.54, 1.807) is 0 Å². The minimum absolute atomic E-state index is 0. The Bertz CT molecular complexity index is 970. The van der Waals surface area contributed by atoms with Gasteiger partial charge >= 0.3 is 0 Å². The topological polar surface area (TPSA) is 24.3 Å². The summed E-state index contributed by atoms with van der Waals surface area (Å²) in [5.41, 5.74) is 6.60. The molecule has 0 aliphatic carbocycles. The monoisotopic (exact) mass is 496 g/mol. The number of aromatic nitrogens is 2. The normalized spacial score (nSPS) is 13.8. The van der Waals surface area contributed by atoms with Crippen LogP contribution in [-0.2, 0) is 13.1 Å². The highest BCUT2D eigenvalue weighted by Gasteiger charge is 2.13. The molecule has 4 nitrogen and oxygen atoms in total. The van der Waals surface area contributed by atoms with Crippen LogP contribution in [0.15, 0.2) is 60.9 Å². The Kier molecular flexibility index (Phi) is 12.3. The average molecular weight is 498 g/mol. The van der Waals surface area contributed by atoms with Gasteiger partial charge in [0.25, 0.3) is 0 Å². The third-order valence-corrected chi connectivity index (χ3v) is 5.78. The van der Waals surface area contributed by atoms with Crippen LogP contribution in [-0.4, -0.2) is 53.1 Å². The molecular formula is C25H35Cl3N4. The molecule has 0 saturated heterocycles. The summed E-state index contributed by atoms with van der Waals surface area (Å²) in [5.74, 6) is 0. The number of hydrogen-bond donors (Lipinski definition) is 0. The summed E-state index contributed by atoms with van der Waals surface area (Å²) in [7, 11) is 4.21. The Morgan fingerprint density at radius 3 is 2.34 bits per heavy atom. The SMILES string of the molecule is CN(C)Cc1cccc2c1ncn2CCCCN1CC=C(c2ccccc2)CC1.Cl.Cl.Cl. The van der Waals surface area contributed by atoms with Crippen molar-refractivity contribution in [3.63, 3.8) is 0 Å². The number of nitrogens with zero attached hydrogens (tertiary/aromatic N) is 4. The van der Waals surface area contributed by atoms with Crippen LogP contribution >= 0.6 is 37.2 Å². The second kappa shape index (κ2) is 13.9. The molecule has 2 aromatic carbocycles. The molecule has 1 aliphatic rings. The van der Waals surface area contributed by atoms with Gasteiger partial charge in [-0.3, -0.25) is 4.90 Å². The predicted octanol–water partition coefficient (Wildman–Crippen LogP) is 5.93. The van der Waals surface area contributed by atoms with E-state index in [9.17, 15) is 0 Å². The molecule has 4 rings (SSSR count). The van der Waals surface area contributed by atoms with Gasteiger partial charge in [0.1, 0.15) is 0 Å². The summed E-state index contributed by atoms with van der Waals surface area (Å²) in [6.07, 6.45) is 8.00. The van der Waals surface area contributed by atoms with E-state index in [-0.39, 0.29) is 37.2 Å². The molecule has 32 heavy (non-hydrogen) atoms. The third kappa shape index (κ3) is 7.23. The second-order valence-corrected chi connectivity index (χ2v) is 8.31. The number of imidazole rings is 1. The molecular weight excluding hydrogens is 463 g/mol. The van der Waals surface area contributed by atoms with E-state index in [4.69, 9.17) is 4.98 Å². The van der Waals surface area contributed by atoms with Gasteiger partial charge in [0, 0.05) is 26.2 Å². The first kappa shape index (κ1) is 28.5. The molecule has 7 heteroatoms. The molecule has 0 N–H and O–H groups in total. The minimum atomic E-state index is 0. The molecule has 3 aromatic rings. The lowest BCUT2D eigenvalue weighted by atomic mass is 9.99. The van der Waals surface area contributed by atoms with E-state index in [2.05, 4.69) is 83.1 Å². The predicted molar refractivity (Wildman–Crippen MR) is 144 cm³/mol. The van der Waals surface area contributed by atoms with Crippen LogP contribution in [0.3, 0.4) is 0 Å². The van der Waals surface area contributed by atoms with Gasteiger partial charge in [-0.05, 0) is 62.7 Å². The average Bonchev–Trinajstić information content (AvgIpc) is 3.16. The molecule has 0 amide bonds. The maximum Gasteiger partial charge on any atom is 0.0958 e. The van der Waals surface area contributed by atoms with Gasteiger partial charge in [0.05, 0.1) is 17.4 Å². The highest BCUT2D eigenvalue weighted by Crippen LogP contribution is 2.22. The highest BCUT2D eigenvalue weighted by atomic mass is 35.5. The second-order valence-electron chi connectivity index (χ2n) is 8.31. The van der Waals surface area contributed by atoms with Crippen LogP contribution in [0.4, 0.5) is 0 Å². The maximum atomic E-state index is 4.70. The molecule has 0 radical (unpaired) electrons. The number of unbranched alkanes of at least 4 members (excludes halogenated alkanes) is 1. The summed E-state index contributed by atoms with van der Waals surface area (Å²) in [4.78, 5) is 9.47. The van der Waals surface area contributed by atoms with E-state index in [0.29, 0.717) is 0 Å². The molecule has 2 heterocycles. The van der Waals surface area contributed by atoms with Gasteiger partial charge in [0.15, 0.2) is 0 Å². The van der Waals surface area contributed by atoms with Crippen molar-refractivity contribution in [3.8, 4) is 0 Å². The van der Waals surface area contributed by atoms with Crippen LogP contribution in [0.25, 0.3) is 16.6 Å². The number of para-hydroxylation sites is 1. The van der Waals surface area contributed by atoms with Gasteiger partial charge < -0.3 is 9.47 Å². The number of aryl methyl sites for hydroxylation is 1. The zero-order chi connectivity index (χ0) is 20.1. The Morgan fingerprint density at radius 2 is 1.66 bits per heavy atom. The van der Waals surface area contributed by atoms with Crippen molar-refractivity contribution in [2.45, 2.75) is 32.4 Å². The van der Waals surface area contributed by atoms with Crippen LogP contribution in [0.1, 0.15) is 30.4 Å². The van der Waals surface area contributed by atoms with Crippen LogP contribution in [0, 0.1) is 0 Å². The fraction of sp³-hybridized carbons (Fsp3) is 0.400. The standard InChI is InChI=1S/C25H32N4.3ClH/c1-27(2)19-23-11-8-12-24-25(23)26-20-29(24)16-7-6-15-28-17-13-22(14-18-28)21-9-4-3-5-10-21;;;/h3-5,8-13,20H,6-7,14-19H2,1-2H3;3*1H. The van der Waals surface area contributed by atoms with Crippen LogP contribution < -0.4 is 0 Å². The van der Waals surface area contributed by atoms with Crippen molar-refractivity contribution in [3.05, 3.63) is 72.1 Å². The molecule has 1 aromatic heterocycles. The van der Waals surface area contributed by atoms with Gasteiger partial charge in [0.2, 0.25) is 0 Å². The highest BCUT2D eigenvalue weighted by molar-refractivity contribution is 5.86. The minimum Gasteiger partial charge on any atom is -0.331 e. The molecule has 0 fully saturated rings. The lowest BCUT2D eigenvalue weighted by molar-refractivity contribution is 0.293. The fourth-order valence-electron chi connectivity index (χ4n) is 4.24. The van der Waals surface area contributed by atoms with Crippen molar-refractivity contribution in [2.24, 2.45) is 0 Å². The summed E-state index contributed by atoms with van der Waals surface area (Å²) in [5, 5.41) is 0. The number of benzene rings is 2. The molecule has 0 saturated carbocycles. The molecule has 0 unspecified atom stereocenters. The quantitative estimate of drug-likeness (QED) is 0.360. The first-order valence-electron chi connectivity index (χ1n) is 10.7. The number of fused-ring (bicyclic) bond motifs is 1. The van der Waals surface area contributed by atoms with E-state index in [1.165, 1.54) is 48.1 Å². The first-order chi connectivity index (χ1) is 14.2. The maximum absolute atomic E-state index is 4.70. The van der Waals surface area contributed by atoms with Gasteiger partial charge in [-0.15, -0.1) is 37.2 Å². The summed E-state index contributed by atoms with van der Waals surface area (Å²) >= 11 is 0. The summed E-state index contributed by atoms with van der Waals surface area (Å²) in [6.45, 7) is 5.40. The molecule has 176 valence electrons. The summed E-state index contributed by atoms with van der Waals surface area (Å²) < 4.78 is 2.32. The van der Waals surface area contributed by atoms with E-state index in [1.807, 2.05) is 6.33 Å². The molecule has 0 spiro atoms. The smallest absolute Gasteiger partial charge is 0.0958 e. The van der Waals surface area contributed by atoms with Gasteiger partial charge in [-0.25, -0.2) is 4.98 Å². The Balaban J connectivity index is 0.00000171. The van der Waals surface area contributed by atoms with Crippen molar-refractivity contribution in [1.29, 1.82) is 0 Å². The van der Waals surface area contributed by atoms with Gasteiger partial charge in [-0.1, -0.05) is 48.5 Å². The third-order valence-electron chi connectivity index (χ3n) is 5.78. The lowest BCUT2D eigenvalue weighted by Gasteiger charge is -2.26. The largest absolute Gasteiger partial charge is 0.331 e. The summed E-state index contributed by atoms with van der Waals surface area (Å²) in [6, 6.07) is 17.3. The Labute approximate surface area is 210 Å². The molecule has 0 bridgehead atoms. The number of rotatable bonds is 8. The van der Waals surface area contributed by atoms with Crippen molar-refractivity contribution in [2.75, 3.05) is 33.7 Å². The molecule has 1 aliphatic heterocycles. The zero-order valence-corrected chi connectivity index (χ0v) is 21.4. The van der Waals surface area contributed by atoms with Gasteiger partial charge in [-0.2, -0.15) is 0 Å². The van der Waals surface area contributed by atoms with Crippen molar-refractivity contribution >= 4 is 53.8 Å². The molecule has 0 atom stereocenters. The van der Waals surface area contributed by atoms with Crippen molar-refractivity contribution in [1.82, 2.24) is 19.4 Å². The number of halogens is 3. The fourth-order valence-corrected chi connectivity index (χ4v) is 4.24. The van der Waals surface area contributed by atoms with Crippen molar-refractivity contribution < 1.29 is 0 Å². The lowest BCUT2D eigenvalue weighted by Crippen LogP contribution is -2.29. The zero-order valence-electron chi connectivity index (χ0n) is 18.9.